The highest BCUT2D eigenvalue weighted by Gasteiger charge is 1.83. The molecule has 0 aliphatic rings. The Kier molecular flexibility index (Phi) is 1.93. The van der Waals surface area contributed by atoms with E-state index < -0.39 is 0 Å². The van der Waals surface area contributed by atoms with Gasteiger partial charge in [-0.15, -0.1) is 5.73 Å². The minimum Gasteiger partial charge on any atom is -0.399 e. The second-order valence-electron chi connectivity index (χ2n) is 2.02. The fourth-order valence-corrected chi connectivity index (χ4v) is 0.710. The summed E-state index contributed by atoms with van der Waals surface area (Å²) in [5.74, 6) is 0. The van der Waals surface area contributed by atoms with E-state index >= 15 is 0 Å². The molecule has 1 nitrogen and oxygen atoms in total. The monoisotopic (exact) mass is 131 g/mol. The minimum atomic E-state index is 0.779. The predicted octanol–water partition coefficient (Wildman–Crippen LogP) is 2.07. The molecule has 0 saturated carbocycles. The highest BCUT2D eigenvalue weighted by molar-refractivity contribution is 5.52. The van der Waals surface area contributed by atoms with Gasteiger partial charge in [0.2, 0.25) is 0 Å². The Morgan fingerprint density at radius 1 is 1.30 bits per heavy atom. The van der Waals surface area contributed by atoms with Gasteiger partial charge in [-0.05, 0) is 23.8 Å². The van der Waals surface area contributed by atoms with Crippen LogP contribution in [0.2, 0.25) is 0 Å². The average molecular weight is 131 g/mol. The first-order chi connectivity index (χ1) is 4.83. The second kappa shape index (κ2) is 2.90. The summed E-state index contributed by atoms with van der Waals surface area (Å²) in [5.41, 5.74) is 10.0. The van der Waals surface area contributed by atoms with Crippen LogP contribution >= 0.6 is 0 Å². The summed E-state index contributed by atoms with van der Waals surface area (Å²) in [4.78, 5) is 0. The quantitative estimate of drug-likeness (QED) is 0.458. The number of rotatable bonds is 1. The maximum atomic E-state index is 5.47. The molecular formula is C9H9N. The molecule has 0 bridgehead atoms. The van der Waals surface area contributed by atoms with E-state index in [9.17, 15) is 0 Å². The van der Waals surface area contributed by atoms with Crippen LogP contribution in [0.25, 0.3) is 6.08 Å². The number of nitrogens with two attached hydrogens (primary N) is 1. The molecule has 2 N–H and O–H groups in total. The molecular weight excluding hydrogens is 122 g/mol. The van der Waals surface area contributed by atoms with E-state index in [1.807, 2.05) is 24.3 Å². The van der Waals surface area contributed by atoms with Crippen molar-refractivity contribution in [1.29, 1.82) is 0 Å². The van der Waals surface area contributed by atoms with Crippen LogP contribution in [0, 0.1) is 0 Å². The zero-order valence-electron chi connectivity index (χ0n) is 5.67. The van der Waals surface area contributed by atoms with Gasteiger partial charge >= 0.3 is 0 Å². The summed E-state index contributed by atoms with van der Waals surface area (Å²) < 4.78 is 0. The molecule has 10 heavy (non-hydrogen) atoms. The third-order valence-electron chi connectivity index (χ3n) is 1.21. The van der Waals surface area contributed by atoms with Crippen molar-refractivity contribution >= 4 is 11.8 Å². The van der Waals surface area contributed by atoms with Crippen molar-refractivity contribution in [2.24, 2.45) is 0 Å². The molecule has 0 heterocycles. The van der Waals surface area contributed by atoms with Crippen LogP contribution in [0.3, 0.4) is 0 Å². The molecule has 0 aromatic heterocycles. The number of nitrogen functional groups attached to an aromatic ring is 1. The van der Waals surface area contributed by atoms with Gasteiger partial charge in [-0.3, -0.25) is 0 Å². The van der Waals surface area contributed by atoms with Crippen molar-refractivity contribution in [2.45, 2.75) is 0 Å². The van der Waals surface area contributed by atoms with Gasteiger partial charge in [0.05, 0.1) is 0 Å². The van der Waals surface area contributed by atoms with Gasteiger partial charge in [-0.2, -0.15) is 0 Å². The van der Waals surface area contributed by atoms with Gasteiger partial charge in [-0.25, -0.2) is 0 Å². The van der Waals surface area contributed by atoms with Crippen molar-refractivity contribution < 1.29 is 0 Å². The lowest BCUT2D eigenvalue weighted by molar-refractivity contribution is 1.65. The van der Waals surface area contributed by atoms with Gasteiger partial charge in [0.25, 0.3) is 0 Å². The summed E-state index contributed by atoms with van der Waals surface area (Å²) in [6.07, 6.45) is 1.80. The summed E-state index contributed by atoms with van der Waals surface area (Å²) in [5, 5.41) is 0. The molecule has 0 radical (unpaired) electrons. The highest BCUT2D eigenvalue weighted by atomic mass is 14.5. The standard InChI is InChI=1S/C9H9N/c1-2-3-8-4-6-9(10)7-5-8/h3-7H,1,10H2. The van der Waals surface area contributed by atoms with Gasteiger partial charge < -0.3 is 5.73 Å². The van der Waals surface area contributed by atoms with Crippen molar-refractivity contribution in [3.05, 3.63) is 42.1 Å². The van der Waals surface area contributed by atoms with Crippen LogP contribution in [-0.2, 0) is 0 Å². The average Bonchev–Trinajstić information content (AvgIpc) is 1.95. The van der Waals surface area contributed by atoms with E-state index in [2.05, 4.69) is 12.3 Å². The summed E-state index contributed by atoms with van der Waals surface area (Å²) >= 11 is 0. The fraction of sp³-hybridized carbons (Fsp3) is 0. The lowest BCUT2D eigenvalue weighted by Gasteiger charge is -1.91. The SMILES string of the molecule is C=C=Cc1ccc(N)cc1. The molecule has 0 fully saturated rings. The molecule has 1 heteroatoms. The maximum absolute atomic E-state index is 5.47. The molecule has 0 unspecified atom stereocenters. The first-order valence-corrected chi connectivity index (χ1v) is 3.04. The Hall–Kier alpha value is -1.46. The van der Waals surface area contributed by atoms with Crippen LogP contribution in [0.4, 0.5) is 5.69 Å². The fourth-order valence-electron chi connectivity index (χ4n) is 0.710. The van der Waals surface area contributed by atoms with Gasteiger partial charge in [0.1, 0.15) is 0 Å². The molecule has 1 aromatic carbocycles. The Bertz CT molecular complexity index is 253. The van der Waals surface area contributed by atoms with Crippen LogP contribution in [0.1, 0.15) is 5.56 Å². The molecule has 0 aliphatic heterocycles. The Labute approximate surface area is 60.5 Å². The van der Waals surface area contributed by atoms with E-state index in [1.165, 1.54) is 0 Å². The lowest BCUT2D eigenvalue weighted by atomic mass is 10.2. The van der Waals surface area contributed by atoms with Crippen molar-refractivity contribution in [3.63, 3.8) is 0 Å². The highest BCUT2D eigenvalue weighted by Crippen LogP contribution is 2.05. The third-order valence-corrected chi connectivity index (χ3v) is 1.21. The third kappa shape index (κ3) is 1.51. The summed E-state index contributed by atoms with van der Waals surface area (Å²) in [6.45, 7) is 3.47. The molecule has 0 atom stereocenters. The van der Waals surface area contributed by atoms with E-state index in [0.29, 0.717) is 0 Å². The smallest absolute Gasteiger partial charge is 0.0314 e. The van der Waals surface area contributed by atoms with Crippen LogP contribution in [0.5, 0.6) is 0 Å². The predicted molar refractivity (Wildman–Crippen MR) is 44.5 cm³/mol. The molecule has 0 saturated heterocycles. The van der Waals surface area contributed by atoms with Crippen LogP contribution in [-0.4, -0.2) is 0 Å². The van der Waals surface area contributed by atoms with Crippen molar-refractivity contribution in [2.75, 3.05) is 5.73 Å². The summed E-state index contributed by atoms with van der Waals surface area (Å²) in [6, 6.07) is 7.55. The van der Waals surface area contributed by atoms with Crippen LogP contribution in [0.15, 0.2) is 36.6 Å². The maximum Gasteiger partial charge on any atom is 0.0314 e. The second-order valence-corrected chi connectivity index (χ2v) is 2.02. The Morgan fingerprint density at radius 2 is 1.90 bits per heavy atom. The molecule has 1 rings (SSSR count). The Morgan fingerprint density at radius 3 is 2.40 bits per heavy atom. The lowest BCUT2D eigenvalue weighted by Crippen LogP contribution is -1.82. The zero-order valence-corrected chi connectivity index (χ0v) is 5.67. The van der Waals surface area contributed by atoms with E-state index in [0.717, 1.165) is 11.3 Å². The topological polar surface area (TPSA) is 26.0 Å². The number of hydrogen-bond acceptors (Lipinski definition) is 1. The molecule has 0 spiro atoms. The molecule has 1 aromatic rings. The van der Waals surface area contributed by atoms with E-state index in [-0.39, 0.29) is 0 Å². The van der Waals surface area contributed by atoms with Gasteiger partial charge in [0.15, 0.2) is 0 Å². The molecule has 50 valence electrons. The normalized spacial score (nSPS) is 8.40. The Balaban J connectivity index is 3.00. The van der Waals surface area contributed by atoms with Gasteiger partial charge in [-0.1, -0.05) is 18.7 Å². The molecule has 0 aliphatic carbocycles. The zero-order chi connectivity index (χ0) is 7.40. The first-order valence-electron chi connectivity index (χ1n) is 3.04. The first kappa shape index (κ1) is 6.66. The van der Waals surface area contributed by atoms with Gasteiger partial charge in [0, 0.05) is 5.69 Å². The molecule has 0 amide bonds. The number of benzene rings is 1. The minimum absolute atomic E-state index is 0.779. The van der Waals surface area contributed by atoms with Crippen molar-refractivity contribution in [1.82, 2.24) is 0 Å². The van der Waals surface area contributed by atoms with Crippen LogP contribution < -0.4 is 5.73 Å². The van der Waals surface area contributed by atoms with E-state index in [1.54, 1.807) is 6.08 Å². The number of anilines is 1. The number of hydrogen-bond donors (Lipinski definition) is 1. The largest absolute Gasteiger partial charge is 0.399 e. The summed E-state index contributed by atoms with van der Waals surface area (Å²) in [7, 11) is 0. The van der Waals surface area contributed by atoms with Crippen molar-refractivity contribution in [3.8, 4) is 0 Å². The van der Waals surface area contributed by atoms with E-state index in [4.69, 9.17) is 5.73 Å².